The Balaban J connectivity index is 1.80. The van der Waals surface area contributed by atoms with Crippen LogP contribution in [0.3, 0.4) is 0 Å². The molecular weight excluding hydrogens is 306 g/mol. The quantitative estimate of drug-likeness (QED) is 0.865. The van der Waals surface area contributed by atoms with Crippen molar-refractivity contribution in [2.75, 3.05) is 26.2 Å². The van der Waals surface area contributed by atoms with E-state index in [1.165, 1.54) is 0 Å². The predicted molar refractivity (Wildman–Crippen MR) is 89.5 cm³/mol. The number of carbonyl (C=O) groups is 2. The average Bonchev–Trinajstić information content (AvgIpc) is 2.61. The fourth-order valence-corrected chi connectivity index (χ4v) is 2.78. The monoisotopic (exact) mass is 329 g/mol. The van der Waals surface area contributed by atoms with Crippen LogP contribution in [0, 0.1) is 17.2 Å². The van der Waals surface area contributed by atoms with Gasteiger partial charge < -0.3 is 15.0 Å². The zero-order chi connectivity index (χ0) is 17.4. The summed E-state index contributed by atoms with van der Waals surface area (Å²) in [5.74, 6) is 0.924. The van der Waals surface area contributed by atoms with E-state index in [1.807, 2.05) is 30.0 Å². The van der Waals surface area contributed by atoms with Crippen molar-refractivity contribution in [3.8, 4) is 11.8 Å². The van der Waals surface area contributed by atoms with Crippen LogP contribution in [0.5, 0.6) is 5.75 Å². The molecule has 1 saturated heterocycles. The molecule has 2 rings (SSSR count). The van der Waals surface area contributed by atoms with E-state index < -0.39 is 0 Å². The van der Waals surface area contributed by atoms with Crippen molar-refractivity contribution in [2.24, 2.45) is 5.92 Å². The first kappa shape index (κ1) is 17.8. The van der Waals surface area contributed by atoms with Gasteiger partial charge in [-0.05, 0) is 49.9 Å². The highest BCUT2D eigenvalue weighted by Gasteiger charge is 2.23. The van der Waals surface area contributed by atoms with Gasteiger partial charge in [0.2, 0.25) is 5.91 Å². The van der Waals surface area contributed by atoms with Crippen molar-refractivity contribution in [3.05, 3.63) is 29.8 Å². The van der Waals surface area contributed by atoms with Gasteiger partial charge >= 0.3 is 0 Å². The smallest absolute Gasteiger partial charge is 0.253 e. The van der Waals surface area contributed by atoms with Crippen LogP contribution in [0.15, 0.2) is 24.3 Å². The molecule has 128 valence electrons. The number of piperidine rings is 1. The Morgan fingerprint density at radius 1 is 1.29 bits per heavy atom. The van der Waals surface area contributed by atoms with Crippen molar-refractivity contribution in [3.63, 3.8) is 0 Å². The minimum Gasteiger partial charge on any atom is -0.494 e. The molecule has 0 spiro atoms. The highest BCUT2D eigenvalue weighted by atomic mass is 16.5. The molecule has 1 aliphatic rings. The lowest BCUT2D eigenvalue weighted by Gasteiger charge is -2.32. The van der Waals surface area contributed by atoms with Gasteiger partial charge in [0.1, 0.15) is 12.2 Å². The number of likely N-dealkylation sites (tertiary alicyclic amines) is 1. The first-order valence-electron chi connectivity index (χ1n) is 8.29. The van der Waals surface area contributed by atoms with Crippen LogP contribution in [0.4, 0.5) is 0 Å². The van der Waals surface area contributed by atoms with Crippen molar-refractivity contribution >= 4 is 11.8 Å². The van der Waals surface area contributed by atoms with E-state index in [0.717, 1.165) is 18.6 Å². The average molecular weight is 329 g/mol. The summed E-state index contributed by atoms with van der Waals surface area (Å²) in [4.78, 5) is 25.7. The van der Waals surface area contributed by atoms with E-state index in [1.54, 1.807) is 12.1 Å². The molecule has 6 heteroatoms. The molecule has 1 fully saturated rings. The Morgan fingerprint density at radius 2 is 1.96 bits per heavy atom. The zero-order valence-electron chi connectivity index (χ0n) is 14.0. The van der Waals surface area contributed by atoms with E-state index in [2.05, 4.69) is 5.32 Å². The molecule has 1 heterocycles. The third kappa shape index (κ3) is 4.98. The molecule has 1 aromatic carbocycles. The van der Waals surface area contributed by atoms with Crippen LogP contribution >= 0.6 is 0 Å². The largest absolute Gasteiger partial charge is 0.494 e. The number of rotatable bonds is 6. The second kappa shape index (κ2) is 8.92. The molecular formula is C18H23N3O3. The Labute approximate surface area is 142 Å². The topological polar surface area (TPSA) is 82.4 Å². The van der Waals surface area contributed by atoms with Crippen LogP contribution in [-0.4, -0.2) is 43.0 Å². The third-order valence-electron chi connectivity index (χ3n) is 4.14. The van der Waals surface area contributed by atoms with Gasteiger partial charge in [0.15, 0.2) is 0 Å². The zero-order valence-corrected chi connectivity index (χ0v) is 14.0. The molecule has 0 bridgehead atoms. The van der Waals surface area contributed by atoms with Gasteiger partial charge in [-0.15, -0.1) is 0 Å². The summed E-state index contributed by atoms with van der Waals surface area (Å²) < 4.78 is 5.38. The number of amides is 2. The number of nitriles is 1. The number of hydrogen-bond donors (Lipinski definition) is 1. The Hall–Kier alpha value is -2.55. The van der Waals surface area contributed by atoms with Gasteiger partial charge in [-0.25, -0.2) is 0 Å². The fraction of sp³-hybridized carbons (Fsp3) is 0.500. The number of nitrogens with zero attached hydrogens (tertiary/aromatic N) is 2. The highest BCUT2D eigenvalue weighted by molar-refractivity contribution is 5.94. The number of ether oxygens (including phenoxy) is 1. The lowest BCUT2D eigenvalue weighted by atomic mass is 9.96. The summed E-state index contributed by atoms with van der Waals surface area (Å²) in [6, 6.07) is 9.05. The molecule has 1 aliphatic heterocycles. The SMILES string of the molecule is CCOc1ccc(C(=O)N2CCC(CNC(=O)CC#N)CC2)cc1. The standard InChI is InChI=1S/C18H23N3O3/c1-2-24-16-5-3-15(4-6-16)18(23)21-11-8-14(9-12-21)13-20-17(22)7-10-19/h3-6,14H,2,7-9,11-13H2,1H3,(H,20,22). The van der Waals surface area contributed by atoms with Crippen molar-refractivity contribution in [1.29, 1.82) is 5.26 Å². The number of benzene rings is 1. The van der Waals surface area contributed by atoms with Crippen molar-refractivity contribution in [1.82, 2.24) is 10.2 Å². The minimum absolute atomic E-state index is 0.0324. The maximum atomic E-state index is 12.5. The van der Waals surface area contributed by atoms with Crippen LogP contribution in [0.2, 0.25) is 0 Å². The number of nitrogens with one attached hydrogen (secondary N) is 1. The Bertz CT molecular complexity index is 599. The summed E-state index contributed by atoms with van der Waals surface area (Å²) in [7, 11) is 0. The van der Waals surface area contributed by atoms with Crippen molar-refractivity contribution in [2.45, 2.75) is 26.2 Å². The predicted octanol–water partition coefficient (Wildman–Crippen LogP) is 1.97. The molecule has 1 aromatic rings. The Kier molecular flexibility index (Phi) is 6.62. The van der Waals surface area contributed by atoms with E-state index in [9.17, 15) is 9.59 Å². The molecule has 0 aliphatic carbocycles. The molecule has 1 N–H and O–H groups in total. The van der Waals surface area contributed by atoms with Crippen LogP contribution in [-0.2, 0) is 4.79 Å². The van der Waals surface area contributed by atoms with E-state index in [-0.39, 0.29) is 18.2 Å². The molecule has 0 aromatic heterocycles. The van der Waals surface area contributed by atoms with E-state index in [0.29, 0.717) is 37.7 Å². The summed E-state index contributed by atoms with van der Waals surface area (Å²) in [6.45, 7) is 4.47. The van der Waals surface area contributed by atoms with Gasteiger partial charge in [-0.1, -0.05) is 0 Å². The second-order valence-electron chi connectivity index (χ2n) is 5.83. The van der Waals surface area contributed by atoms with E-state index >= 15 is 0 Å². The highest BCUT2D eigenvalue weighted by Crippen LogP contribution is 2.20. The van der Waals surface area contributed by atoms with Gasteiger partial charge in [0.05, 0.1) is 12.7 Å². The minimum atomic E-state index is -0.231. The second-order valence-corrected chi connectivity index (χ2v) is 5.83. The maximum absolute atomic E-state index is 12.5. The molecule has 0 atom stereocenters. The molecule has 0 radical (unpaired) electrons. The summed E-state index contributed by atoms with van der Waals surface area (Å²) >= 11 is 0. The molecule has 24 heavy (non-hydrogen) atoms. The van der Waals surface area contributed by atoms with Gasteiger partial charge in [0, 0.05) is 25.2 Å². The molecule has 0 unspecified atom stereocenters. The van der Waals surface area contributed by atoms with Gasteiger partial charge in [0.25, 0.3) is 5.91 Å². The van der Waals surface area contributed by atoms with Gasteiger partial charge in [-0.3, -0.25) is 9.59 Å². The van der Waals surface area contributed by atoms with Crippen LogP contribution in [0.1, 0.15) is 36.5 Å². The van der Waals surface area contributed by atoms with Crippen LogP contribution < -0.4 is 10.1 Å². The van der Waals surface area contributed by atoms with Crippen molar-refractivity contribution < 1.29 is 14.3 Å². The summed E-state index contributed by atoms with van der Waals surface area (Å²) in [5.41, 5.74) is 0.666. The first-order chi connectivity index (χ1) is 11.6. The van der Waals surface area contributed by atoms with E-state index in [4.69, 9.17) is 10.00 Å². The number of hydrogen-bond acceptors (Lipinski definition) is 4. The molecule has 2 amide bonds. The van der Waals surface area contributed by atoms with Crippen LogP contribution in [0.25, 0.3) is 0 Å². The van der Waals surface area contributed by atoms with Gasteiger partial charge in [-0.2, -0.15) is 5.26 Å². The lowest BCUT2D eigenvalue weighted by Crippen LogP contribution is -2.41. The Morgan fingerprint density at radius 3 is 2.54 bits per heavy atom. The summed E-state index contributed by atoms with van der Waals surface area (Å²) in [6.07, 6.45) is 1.61. The number of carbonyl (C=O) groups excluding carboxylic acids is 2. The third-order valence-corrected chi connectivity index (χ3v) is 4.14. The first-order valence-corrected chi connectivity index (χ1v) is 8.29. The molecule has 0 saturated carbocycles. The fourth-order valence-electron chi connectivity index (χ4n) is 2.78. The lowest BCUT2D eigenvalue weighted by molar-refractivity contribution is -0.120. The normalized spacial score (nSPS) is 14.8. The maximum Gasteiger partial charge on any atom is 0.253 e. The summed E-state index contributed by atoms with van der Waals surface area (Å²) in [5, 5.41) is 11.2. The molecule has 6 nitrogen and oxygen atoms in total.